The van der Waals surface area contributed by atoms with Gasteiger partial charge in [-0.2, -0.15) is 0 Å². The molecule has 1 atom stereocenters. The minimum atomic E-state index is -0.0634. The average Bonchev–Trinajstić information content (AvgIpc) is 2.46. The van der Waals surface area contributed by atoms with Crippen LogP contribution >= 0.6 is 0 Å². The van der Waals surface area contributed by atoms with Crippen molar-refractivity contribution in [3.8, 4) is 11.5 Å². The topological polar surface area (TPSA) is 43.4 Å². The quantitative estimate of drug-likeness (QED) is 0.897. The molecule has 2 aromatic rings. The second kappa shape index (κ2) is 4.80. The summed E-state index contributed by atoms with van der Waals surface area (Å²) in [5, 5.41) is 3.29. The molecule has 0 saturated heterocycles. The molecule has 0 bridgehead atoms. The van der Waals surface area contributed by atoms with Gasteiger partial charge < -0.3 is 14.8 Å². The van der Waals surface area contributed by atoms with Gasteiger partial charge in [0.2, 0.25) is 0 Å². The van der Waals surface area contributed by atoms with Crippen LogP contribution in [0.4, 0.5) is 5.82 Å². The van der Waals surface area contributed by atoms with E-state index in [4.69, 9.17) is 9.47 Å². The molecule has 2 heterocycles. The summed E-state index contributed by atoms with van der Waals surface area (Å²) in [5.41, 5.74) is 2.25. The Morgan fingerprint density at radius 3 is 3.11 bits per heavy atom. The Balaban J connectivity index is 1.95. The molecule has 0 spiro atoms. The summed E-state index contributed by atoms with van der Waals surface area (Å²) in [4.78, 5) is 4.24. The Labute approximate surface area is 112 Å². The number of nitrogens with one attached hydrogen (secondary N) is 1. The minimum Gasteiger partial charge on any atom is -0.496 e. The van der Waals surface area contributed by atoms with E-state index in [9.17, 15) is 0 Å². The lowest BCUT2D eigenvalue weighted by Gasteiger charge is -2.27. The van der Waals surface area contributed by atoms with Crippen LogP contribution in [0.15, 0.2) is 36.5 Å². The van der Waals surface area contributed by atoms with Gasteiger partial charge in [-0.05, 0) is 31.2 Å². The van der Waals surface area contributed by atoms with Crippen molar-refractivity contribution in [2.75, 3.05) is 19.0 Å². The fourth-order valence-corrected chi connectivity index (χ4v) is 2.28. The van der Waals surface area contributed by atoms with Crippen molar-refractivity contribution < 1.29 is 9.47 Å². The molecule has 19 heavy (non-hydrogen) atoms. The van der Waals surface area contributed by atoms with E-state index in [0.717, 1.165) is 22.9 Å². The third-order valence-electron chi connectivity index (χ3n) is 3.23. The molecule has 0 amide bonds. The third kappa shape index (κ3) is 2.21. The van der Waals surface area contributed by atoms with Crippen molar-refractivity contribution in [3.05, 3.63) is 47.7 Å². The lowest BCUT2D eigenvalue weighted by molar-refractivity contribution is 0.204. The van der Waals surface area contributed by atoms with Crippen molar-refractivity contribution in [2.45, 2.75) is 13.0 Å². The molecular weight excluding hydrogens is 240 g/mol. The molecule has 4 heteroatoms. The molecule has 0 fully saturated rings. The molecular formula is C15H16N2O2. The lowest BCUT2D eigenvalue weighted by atomic mass is 10.0. The number of hydrogen-bond acceptors (Lipinski definition) is 4. The van der Waals surface area contributed by atoms with Crippen LogP contribution in [0, 0.1) is 6.92 Å². The highest BCUT2D eigenvalue weighted by molar-refractivity contribution is 5.53. The van der Waals surface area contributed by atoms with Crippen LogP contribution in [-0.4, -0.2) is 18.6 Å². The highest BCUT2D eigenvalue weighted by atomic mass is 16.5. The zero-order valence-corrected chi connectivity index (χ0v) is 11.0. The molecule has 0 radical (unpaired) electrons. The van der Waals surface area contributed by atoms with Gasteiger partial charge in [-0.15, -0.1) is 0 Å². The summed E-state index contributed by atoms with van der Waals surface area (Å²) in [6, 6.07) is 9.91. The highest BCUT2D eigenvalue weighted by Crippen LogP contribution is 2.35. The van der Waals surface area contributed by atoms with Gasteiger partial charge in [0.05, 0.1) is 13.7 Å². The van der Waals surface area contributed by atoms with E-state index in [1.165, 1.54) is 5.56 Å². The summed E-state index contributed by atoms with van der Waals surface area (Å²) < 4.78 is 11.4. The summed E-state index contributed by atoms with van der Waals surface area (Å²) >= 11 is 0. The van der Waals surface area contributed by atoms with Crippen LogP contribution < -0.4 is 14.8 Å². The zero-order chi connectivity index (χ0) is 13.2. The molecule has 1 aliphatic heterocycles. The summed E-state index contributed by atoms with van der Waals surface area (Å²) in [5.74, 6) is 2.43. The monoisotopic (exact) mass is 256 g/mol. The molecule has 1 aromatic heterocycles. The molecule has 3 rings (SSSR count). The average molecular weight is 256 g/mol. The van der Waals surface area contributed by atoms with Gasteiger partial charge in [0.15, 0.2) is 11.6 Å². The van der Waals surface area contributed by atoms with E-state index >= 15 is 0 Å². The van der Waals surface area contributed by atoms with Crippen LogP contribution in [0.3, 0.4) is 0 Å². The number of nitrogens with zero attached hydrogens (tertiary/aromatic N) is 1. The van der Waals surface area contributed by atoms with E-state index in [0.29, 0.717) is 6.54 Å². The number of hydrogen-bond donors (Lipinski definition) is 1. The first-order chi connectivity index (χ1) is 9.28. The molecule has 4 nitrogen and oxygen atoms in total. The van der Waals surface area contributed by atoms with Gasteiger partial charge in [0, 0.05) is 11.8 Å². The van der Waals surface area contributed by atoms with Crippen LogP contribution in [0.25, 0.3) is 0 Å². The smallest absolute Gasteiger partial charge is 0.168 e. The summed E-state index contributed by atoms with van der Waals surface area (Å²) in [7, 11) is 1.68. The van der Waals surface area contributed by atoms with E-state index in [1.807, 2.05) is 24.3 Å². The molecule has 1 aromatic carbocycles. The van der Waals surface area contributed by atoms with E-state index in [-0.39, 0.29) is 6.10 Å². The maximum Gasteiger partial charge on any atom is 0.168 e. The Hall–Kier alpha value is -2.23. The molecule has 0 saturated carbocycles. The fourth-order valence-electron chi connectivity index (χ4n) is 2.28. The summed E-state index contributed by atoms with van der Waals surface area (Å²) in [6.45, 7) is 2.75. The van der Waals surface area contributed by atoms with Gasteiger partial charge >= 0.3 is 0 Å². The molecule has 1 N–H and O–H groups in total. The number of pyridine rings is 1. The van der Waals surface area contributed by atoms with E-state index < -0.39 is 0 Å². The molecule has 98 valence electrons. The van der Waals surface area contributed by atoms with Crippen molar-refractivity contribution in [2.24, 2.45) is 0 Å². The number of aryl methyl sites for hydroxylation is 1. The van der Waals surface area contributed by atoms with Gasteiger partial charge in [-0.25, -0.2) is 4.98 Å². The van der Waals surface area contributed by atoms with Crippen molar-refractivity contribution in [3.63, 3.8) is 0 Å². The second-order valence-corrected chi connectivity index (χ2v) is 4.58. The number of rotatable bonds is 2. The second-order valence-electron chi connectivity index (χ2n) is 4.58. The van der Waals surface area contributed by atoms with E-state index in [1.54, 1.807) is 13.3 Å². The maximum absolute atomic E-state index is 6.01. The van der Waals surface area contributed by atoms with Crippen LogP contribution in [0.1, 0.15) is 17.2 Å². The SMILES string of the molecule is COc1ccc(C)cc1C1CNc2ncccc2O1. The fraction of sp³-hybridized carbons (Fsp3) is 0.267. The Morgan fingerprint density at radius 2 is 2.26 bits per heavy atom. The normalized spacial score (nSPS) is 17.1. The van der Waals surface area contributed by atoms with Crippen LogP contribution in [0.2, 0.25) is 0 Å². The number of benzene rings is 1. The maximum atomic E-state index is 6.01. The summed E-state index contributed by atoms with van der Waals surface area (Å²) in [6.07, 6.45) is 1.69. The Kier molecular flexibility index (Phi) is 2.99. The van der Waals surface area contributed by atoms with Crippen LogP contribution in [-0.2, 0) is 0 Å². The van der Waals surface area contributed by atoms with Gasteiger partial charge in [0.25, 0.3) is 0 Å². The first-order valence-corrected chi connectivity index (χ1v) is 6.28. The largest absolute Gasteiger partial charge is 0.496 e. The minimum absolute atomic E-state index is 0.0634. The van der Waals surface area contributed by atoms with Crippen molar-refractivity contribution in [1.29, 1.82) is 0 Å². The first kappa shape index (κ1) is 11.8. The first-order valence-electron chi connectivity index (χ1n) is 6.28. The Morgan fingerprint density at radius 1 is 1.37 bits per heavy atom. The highest BCUT2D eigenvalue weighted by Gasteiger charge is 2.24. The number of aromatic nitrogens is 1. The van der Waals surface area contributed by atoms with Gasteiger partial charge in [0.1, 0.15) is 11.9 Å². The van der Waals surface area contributed by atoms with Gasteiger partial charge in [-0.3, -0.25) is 0 Å². The van der Waals surface area contributed by atoms with Crippen molar-refractivity contribution >= 4 is 5.82 Å². The standard InChI is InChI=1S/C15H16N2O2/c1-10-5-6-12(18-2)11(8-10)14-9-17-15-13(19-14)4-3-7-16-15/h3-8,14H,9H2,1-2H3,(H,16,17). The molecule has 1 unspecified atom stereocenters. The number of fused-ring (bicyclic) bond motifs is 1. The number of methoxy groups -OCH3 is 1. The number of ether oxygens (including phenoxy) is 2. The van der Waals surface area contributed by atoms with E-state index in [2.05, 4.69) is 23.3 Å². The lowest BCUT2D eigenvalue weighted by Crippen LogP contribution is -2.24. The Bertz CT molecular complexity index is 598. The third-order valence-corrected chi connectivity index (χ3v) is 3.23. The predicted octanol–water partition coefficient (Wildman–Crippen LogP) is 2.94. The molecule has 0 aliphatic carbocycles. The predicted molar refractivity (Wildman–Crippen MR) is 73.8 cm³/mol. The van der Waals surface area contributed by atoms with Gasteiger partial charge in [-0.1, -0.05) is 11.6 Å². The van der Waals surface area contributed by atoms with Crippen LogP contribution in [0.5, 0.6) is 11.5 Å². The zero-order valence-electron chi connectivity index (χ0n) is 11.0. The number of anilines is 1. The van der Waals surface area contributed by atoms with Crippen molar-refractivity contribution in [1.82, 2.24) is 4.98 Å². The molecule has 1 aliphatic rings.